The lowest BCUT2D eigenvalue weighted by Gasteiger charge is -2.34. The highest BCUT2D eigenvalue weighted by atomic mass is 35.5. The van der Waals surface area contributed by atoms with E-state index in [-0.39, 0.29) is 12.8 Å². The number of amides is 2. The highest BCUT2D eigenvalue weighted by molar-refractivity contribution is 6.44. The zero-order valence-electron chi connectivity index (χ0n) is 14.9. The smallest absolute Gasteiger partial charge is 0.321 e. The van der Waals surface area contributed by atoms with E-state index < -0.39 is 0 Å². The van der Waals surface area contributed by atoms with Crippen LogP contribution in [0.15, 0.2) is 30.3 Å². The number of carbonyl (C=O) groups excluding carboxylic acids is 1. The molecule has 0 spiro atoms. The Balaban J connectivity index is 1.31. The van der Waals surface area contributed by atoms with Gasteiger partial charge in [-0.05, 0) is 29.8 Å². The van der Waals surface area contributed by atoms with E-state index in [1.54, 1.807) is 11.0 Å². The van der Waals surface area contributed by atoms with E-state index in [9.17, 15) is 4.79 Å². The molecule has 6 nitrogen and oxygen atoms in total. The van der Waals surface area contributed by atoms with E-state index in [1.165, 1.54) is 6.07 Å². The first-order valence-corrected chi connectivity index (χ1v) is 9.94. The van der Waals surface area contributed by atoms with Crippen LogP contribution in [0, 0.1) is 0 Å². The van der Waals surface area contributed by atoms with E-state index >= 15 is 0 Å². The van der Waals surface area contributed by atoms with Gasteiger partial charge in [0.1, 0.15) is 0 Å². The van der Waals surface area contributed by atoms with E-state index in [2.05, 4.69) is 10.2 Å². The third-order valence-electron chi connectivity index (χ3n) is 4.75. The first kappa shape index (κ1) is 19.5. The molecule has 2 aliphatic rings. The van der Waals surface area contributed by atoms with Crippen LogP contribution in [0.1, 0.15) is 5.56 Å². The molecule has 1 saturated heterocycles. The summed E-state index contributed by atoms with van der Waals surface area (Å²) in [6.07, 6.45) is 0. The summed E-state index contributed by atoms with van der Waals surface area (Å²) >= 11 is 18.1. The van der Waals surface area contributed by atoms with Gasteiger partial charge in [0.05, 0.1) is 20.8 Å². The molecule has 0 bridgehead atoms. The van der Waals surface area contributed by atoms with E-state index in [1.807, 2.05) is 18.2 Å². The van der Waals surface area contributed by atoms with Crippen molar-refractivity contribution >= 4 is 46.5 Å². The highest BCUT2D eigenvalue weighted by Gasteiger charge is 2.23. The van der Waals surface area contributed by atoms with Crippen LogP contribution in [0.4, 0.5) is 10.5 Å². The molecule has 148 valence electrons. The molecule has 0 saturated carbocycles. The molecule has 0 radical (unpaired) electrons. The molecule has 28 heavy (non-hydrogen) atoms. The molecule has 0 unspecified atom stereocenters. The predicted octanol–water partition coefficient (Wildman–Crippen LogP) is 4.73. The van der Waals surface area contributed by atoms with Gasteiger partial charge in [0.15, 0.2) is 11.5 Å². The van der Waals surface area contributed by atoms with Gasteiger partial charge in [0.25, 0.3) is 0 Å². The van der Waals surface area contributed by atoms with E-state index in [0.717, 1.165) is 36.7 Å². The van der Waals surface area contributed by atoms with Crippen molar-refractivity contribution < 1.29 is 14.3 Å². The third-order valence-corrected chi connectivity index (χ3v) is 5.79. The Hall–Kier alpha value is -1.86. The molecule has 9 heteroatoms. The number of halogens is 3. The minimum Gasteiger partial charge on any atom is -0.454 e. The number of piperazine rings is 1. The minimum atomic E-state index is -0.206. The van der Waals surface area contributed by atoms with Crippen LogP contribution >= 0.6 is 34.8 Å². The van der Waals surface area contributed by atoms with Gasteiger partial charge in [0, 0.05) is 32.7 Å². The Morgan fingerprint density at radius 2 is 1.64 bits per heavy atom. The molecule has 1 fully saturated rings. The van der Waals surface area contributed by atoms with Crippen LogP contribution < -0.4 is 14.8 Å². The number of benzene rings is 2. The lowest BCUT2D eigenvalue weighted by Crippen LogP contribution is -2.49. The van der Waals surface area contributed by atoms with Gasteiger partial charge >= 0.3 is 6.03 Å². The summed E-state index contributed by atoms with van der Waals surface area (Å²) in [4.78, 5) is 16.6. The Kier molecular flexibility index (Phi) is 5.73. The van der Waals surface area contributed by atoms with Gasteiger partial charge < -0.3 is 19.7 Å². The van der Waals surface area contributed by atoms with Crippen LogP contribution in [0.3, 0.4) is 0 Å². The summed E-state index contributed by atoms with van der Waals surface area (Å²) < 4.78 is 10.8. The number of hydrogen-bond acceptors (Lipinski definition) is 4. The molecular formula is C19H18Cl3N3O3. The molecule has 0 atom stereocenters. The zero-order valence-corrected chi connectivity index (χ0v) is 17.2. The zero-order chi connectivity index (χ0) is 19.7. The summed E-state index contributed by atoms with van der Waals surface area (Å²) in [5.41, 5.74) is 1.61. The second-order valence-electron chi connectivity index (χ2n) is 6.63. The van der Waals surface area contributed by atoms with Gasteiger partial charge in [-0.2, -0.15) is 0 Å². The number of anilines is 1. The number of urea groups is 1. The van der Waals surface area contributed by atoms with Gasteiger partial charge in [-0.1, -0.05) is 40.9 Å². The lowest BCUT2D eigenvalue weighted by molar-refractivity contribution is 0.143. The Morgan fingerprint density at radius 1 is 0.929 bits per heavy atom. The maximum absolute atomic E-state index is 12.5. The molecule has 4 rings (SSSR count). The summed E-state index contributed by atoms with van der Waals surface area (Å²) in [7, 11) is 0. The summed E-state index contributed by atoms with van der Waals surface area (Å²) in [6.45, 7) is 3.86. The predicted molar refractivity (Wildman–Crippen MR) is 110 cm³/mol. The standard InChI is InChI=1S/C19H18Cl3N3O3/c20-13-8-15(22)16(9-14(13)21)23-19(26)25-5-3-24(4-6-25)10-12-1-2-17-18(7-12)28-11-27-17/h1-2,7-9H,3-6,10-11H2,(H,23,26). The topological polar surface area (TPSA) is 54.0 Å². The van der Waals surface area contributed by atoms with Gasteiger partial charge in [0.2, 0.25) is 6.79 Å². The first-order valence-electron chi connectivity index (χ1n) is 8.81. The second-order valence-corrected chi connectivity index (χ2v) is 7.85. The van der Waals surface area contributed by atoms with Crippen molar-refractivity contribution in [2.24, 2.45) is 0 Å². The molecule has 0 aliphatic carbocycles. The SMILES string of the molecule is O=C(Nc1cc(Cl)c(Cl)cc1Cl)N1CCN(Cc2ccc3c(c2)OCO3)CC1. The second kappa shape index (κ2) is 8.25. The summed E-state index contributed by atoms with van der Waals surface area (Å²) in [5.74, 6) is 1.57. The van der Waals surface area contributed by atoms with E-state index in [4.69, 9.17) is 44.3 Å². The van der Waals surface area contributed by atoms with Crippen LogP contribution in [-0.4, -0.2) is 48.8 Å². The minimum absolute atomic E-state index is 0.206. The molecule has 2 aliphatic heterocycles. The maximum atomic E-state index is 12.5. The normalized spacial score (nSPS) is 16.3. The Morgan fingerprint density at radius 3 is 2.43 bits per heavy atom. The van der Waals surface area contributed by atoms with Crippen LogP contribution in [0.25, 0.3) is 0 Å². The monoisotopic (exact) mass is 441 g/mol. The number of nitrogens with one attached hydrogen (secondary N) is 1. The van der Waals surface area contributed by atoms with Crippen molar-refractivity contribution in [1.82, 2.24) is 9.80 Å². The van der Waals surface area contributed by atoms with Gasteiger partial charge in [-0.25, -0.2) is 4.79 Å². The van der Waals surface area contributed by atoms with Crippen molar-refractivity contribution in [3.63, 3.8) is 0 Å². The van der Waals surface area contributed by atoms with Crippen molar-refractivity contribution in [2.75, 3.05) is 38.3 Å². The molecule has 2 heterocycles. The fraction of sp³-hybridized carbons (Fsp3) is 0.316. The Bertz CT molecular complexity index is 901. The molecule has 0 aromatic heterocycles. The average Bonchev–Trinajstić information content (AvgIpc) is 3.14. The molecule has 2 amide bonds. The number of nitrogens with zero attached hydrogens (tertiary/aromatic N) is 2. The lowest BCUT2D eigenvalue weighted by atomic mass is 10.1. The maximum Gasteiger partial charge on any atom is 0.321 e. The molecule has 2 aromatic carbocycles. The van der Waals surface area contributed by atoms with Crippen LogP contribution in [0.5, 0.6) is 11.5 Å². The number of carbonyl (C=O) groups is 1. The molecule has 1 N–H and O–H groups in total. The van der Waals surface area contributed by atoms with Crippen LogP contribution in [-0.2, 0) is 6.54 Å². The largest absolute Gasteiger partial charge is 0.454 e. The molecular weight excluding hydrogens is 425 g/mol. The van der Waals surface area contributed by atoms with Crippen molar-refractivity contribution in [1.29, 1.82) is 0 Å². The fourth-order valence-corrected chi connectivity index (χ4v) is 3.81. The van der Waals surface area contributed by atoms with Crippen molar-refractivity contribution in [3.05, 3.63) is 51.0 Å². The quantitative estimate of drug-likeness (QED) is 0.699. The molecule has 2 aromatic rings. The van der Waals surface area contributed by atoms with Crippen molar-refractivity contribution in [2.45, 2.75) is 6.54 Å². The van der Waals surface area contributed by atoms with E-state index in [0.29, 0.717) is 33.8 Å². The fourth-order valence-electron chi connectivity index (χ4n) is 3.22. The van der Waals surface area contributed by atoms with Gasteiger partial charge in [-0.3, -0.25) is 4.90 Å². The summed E-state index contributed by atoms with van der Waals surface area (Å²) in [6, 6.07) is 8.85. The Labute approximate surface area is 177 Å². The van der Waals surface area contributed by atoms with Crippen LogP contribution in [0.2, 0.25) is 15.1 Å². The summed E-state index contributed by atoms with van der Waals surface area (Å²) in [5, 5.41) is 3.85. The number of rotatable bonds is 3. The number of ether oxygens (including phenoxy) is 2. The third kappa shape index (κ3) is 4.25. The van der Waals surface area contributed by atoms with Crippen molar-refractivity contribution in [3.8, 4) is 11.5 Å². The highest BCUT2D eigenvalue weighted by Crippen LogP contribution is 2.33. The number of hydrogen-bond donors (Lipinski definition) is 1. The van der Waals surface area contributed by atoms with Gasteiger partial charge in [-0.15, -0.1) is 0 Å². The number of fused-ring (bicyclic) bond motifs is 1. The average molecular weight is 443 g/mol. The first-order chi connectivity index (χ1) is 13.5.